The van der Waals surface area contributed by atoms with Crippen LogP contribution < -0.4 is 10.6 Å². The molecule has 11 unspecified atom stereocenters. The van der Waals surface area contributed by atoms with Crippen LogP contribution in [-0.4, -0.2) is 60.6 Å². The van der Waals surface area contributed by atoms with E-state index in [1.54, 1.807) is 5.57 Å². The minimum atomic E-state index is -1.50. The Balaban J connectivity index is 1.05. The van der Waals surface area contributed by atoms with E-state index in [0.717, 1.165) is 79.6 Å². The Morgan fingerprint density at radius 2 is 1.67 bits per heavy atom. The molecule has 0 radical (unpaired) electrons. The van der Waals surface area contributed by atoms with Crippen LogP contribution in [0.3, 0.4) is 0 Å². The first kappa shape index (κ1) is 51.5. The third kappa shape index (κ3) is 13.3. The summed E-state index contributed by atoms with van der Waals surface area (Å²) in [6, 6.07) is 10.1. The van der Waals surface area contributed by atoms with E-state index in [1.807, 2.05) is 30.3 Å². The van der Waals surface area contributed by atoms with Crippen LogP contribution in [0.5, 0.6) is 0 Å². The molecular weight excluding hydrogens is 804 g/mol. The largest absolute Gasteiger partial charge is 0.446 e. The van der Waals surface area contributed by atoms with Gasteiger partial charge in [-0.05, 0) is 144 Å². The number of ether oxygens (including phenoxy) is 1. The summed E-state index contributed by atoms with van der Waals surface area (Å²) >= 11 is 0. The number of rotatable bonds is 24. The van der Waals surface area contributed by atoms with Crippen molar-refractivity contribution in [3.05, 3.63) is 59.0 Å². The maximum absolute atomic E-state index is 13.4. The van der Waals surface area contributed by atoms with Crippen LogP contribution in [0.2, 0.25) is 0 Å². The van der Waals surface area contributed by atoms with Crippen LogP contribution in [0.4, 0.5) is 4.79 Å². The normalized spacial score (nSPS) is 28.7. The second-order valence-electron chi connectivity index (χ2n) is 21.3. The summed E-state index contributed by atoms with van der Waals surface area (Å²) in [5.41, 5.74) is 3.27. The fourth-order valence-corrected chi connectivity index (χ4v) is 14.5. The highest BCUT2D eigenvalue weighted by atomic mass is 31.2. The molecule has 63 heavy (non-hydrogen) atoms. The van der Waals surface area contributed by atoms with Gasteiger partial charge in [0.15, 0.2) is 0 Å². The highest BCUT2D eigenvalue weighted by Crippen LogP contribution is 2.67. The molecule has 0 saturated heterocycles. The van der Waals surface area contributed by atoms with Crippen molar-refractivity contribution in [1.82, 2.24) is 15.3 Å². The highest BCUT2D eigenvalue weighted by molar-refractivity contribution is 7.44. The van der Waals surface area contributed by atoms with Crippen LogP contribution in [-0.2, 0) is 18.6 Å². The molecule has 3 fully saturated rings. The molecule has 0 heterocycles. The number of hydrogen-bond acceptors (Lipinski definition) is 6. The van der Waals surface area contributed by atoms with Crippen molar-refractivity contribution < 1.29 is 23.4 Å². The molecule has 0 aliphatic heterocycles. The van der Waals surface area contributed by atoms with E-state index in [-0.39, 0.29) is 48.2 Å². The third-order valence-electron chi connectivity index (χ3n) is 16.0. The number of allylic oxidation sites excluding steroid dienone is 1. The molecule has 2 N–H and O–H groups in total. The SMILES string of the molecule is [C-]#[N+]CCOP(OC(c1ccccc1)C(CC)NC(=O)CCCCCNC(=O)OC1CCC2(C)C(=CCC3C2CCC2(C)C(C(C)CCCC(C)C)CCC32)C1)N(C(C)C)C(C)C. The van der Waals surface area contributed by atoms with Crippen LogP contribution in [0.25, 0.3) is 4.85 Å². The van der Waals surface area contributed by atoms with E-state index in [9.17, 15) is 9.59 Å². The minimum absolute atomic E-state index is 0.00832. The monoisotopic (exact) mass is 891 g/mol. The lowest BCUT2D eigenvalue weighted by Crippen LogP contribution is -2.51. The molecule has 5 rings (SSSR count). The second kappa shape index (κ2) is 24.3. The van der Waals surface area contributed by atoms with Crippen LogP contribution in [0.1, 0.15) is 184 Å². The number of unbranched alkanes of at least 4 members (excludes halogenated alkanes) is 2. The van der Waals surface area contributed by atoms with Crippen LogP contribution in [0, 0.1) is 52.9 Å². The standard InChI is InChI=1S/C53H87N4O5P/c1-12-48(50(41-22-15-13-16-23-41)62-63(60-35-34-54-11)57(38(4)5)39(6)7)56-49(58)24-17-14-18-33-55-51(59)61-43-29-31-52(9)42(36-43)25-26-44-46-28-27-45(40(8)21-19-20-37(2)3)53(46,10)32-30-47(44)52/h13,15-16,22-23,25,37-40,43-48,50H,12,14,17-21,24,26-36H2,1-10H3,(H,55,59)(H,56,58). The number of hydrogen-bond donors (Lipinski definition) is 2. The first-order valence-electron chi connectivity index (χ1n) is 25.3. The summed E-state index contributed by atoms with van der Waals surface area (Å²) in [5.74, 6) is 4.92. The van der Waals surface area contributed by atoms with E-state index in [0.29, 0.717) is 31.4 Å². The minimum Gasteiger partial charge on any atom is -0.446 e. The second-order valence-corrected chi connectivity index (χ2v) is 22.7. The molecule has 4 aliphatic carbocycles. The van der Waals surface area contributed by atoms with Gasteiger partial charge in [-0.3, -0.25) is 4.79 Å². The number of carbonyl (C=O) groups is 2. The van der Waals surface area contributed by atoms with E-state index < -0.39 is 14.6 Å². The number of benzene rings is 1. The van der Waals surface area contributed by atoms with Gasteiger partial charge in [0.25, 0.3) is 8.53 Å². The summed E-state index contributed by atoms with van der Waals surface area (Å²) in [4.78, 5) is 29.9. The zero-order valence-electron chi connectivity index (χ0n) is 41.1. The Morgan fingerprint density at radius 3 is 2.35 bits per heavy atom. The average Bonchev–Trinajstić information content (AvgIpc) is 3.60. The van der Waals surface area contributed by atoms with Crippen molar-refractivity contribution in [3.8, 4) is 0 Å². The highest BCUT2D eigenvalue weighted by Gasteiger charge is 2.59. The van der Waals surface area contributed by atoms with Crippen LogP contribution in [0.15, 0.2) is 42.0 Å². The predicted octanol–water partition coefficient (Wildman–Crippen LogP) is 13.6. The zero-order valence-corrected chi connectivity index (χ0v) is 42.0. The Kier molecular flexibility index (Phi) is 19.9. The zero-order chi connectivity index (χ0) is 45.7. The van der Waals surface area contributed by atoms with Crippen molar-refractivity contribution in [2.75, 3.05) is 19.7 Å². The van der Waals surface area contributed by atoms with E-state index in [4.69, 9.17) is 20.4 Å². The van der Waals surface area contributed by atoms with Gasteiger partial charge in [0.05, 0.1) is 6.04 Å². The van der Waals surface area contributed by atoms with Crippen molar-refractivity contribution in [1.29, 1.82) is 0 Å². The molecule has 0 aromatic heterocycles. The number of carbonyl (C=O) groups excluding carboxylic acids is 2. The van der Waals surface area contributed by atoms with Crippen molar-refractivity contribution >= 4 is 20.5 Å². The predicted molar refractivity (Wildman–Crippen MR) is 259 cm³/mol. The van der Waals surface area contributed by atoms with Gasteiger partial charge in [-0.1, -0.05) is 109 Å². The maximum atomic E-state index is 13.4. The Bertz CT molecular complexity index is 1640. The van der Waals surface area contributed by atoms with Gasteiger partial charge in [0, 0.05) is 31.5 Å². The summed E-state index contributed by atoms with van der Waals surface area (Å²) in [6.07, 6.45) is 19.1. The number of nitrogens with zero attached hydrogens (tertiary/aromatic N) is 2. The molecule has 354 valence electrons. The lowest BCUT2D eigenvalue weighted by atomic mass is 9.47. The molecular formula is C53H87N4O5P. The smallest absolute Gasteiger partial charge is 0.407 e. The molecule has 4 aliphatic rings. The molecule has 2 amide bonds. The third-order valence-corrected chi connectivity index (χ3v) is 18.1. The van der Waals surface area contributed by atoms with Gasteiger partial charge in [-0.15, -0.1) is 0 Å². The Hall–Kier alpha value is -2.50. The van der Waals surface area contributed by atoms with E-state index in [2.05, 4.69) is 95.5 Å². The van der Waals surface area contributed by atoms with Gasteiger partial charge >= 0.3 is 6.09 Å². The molecule has 0 spiro atoms. The topological polar surface area (TPSA) is 93.5 Å². The van der Waals surface area contributed by atoms with Gasteiger partial charge in [0.2, 0.25) is 12.5 Å². The first-order chi connectivity index (χ1) is 30.1. The summed E-state index contributed by atoms with van der Waals surface area (Å²) in [6.45, 7) is 31.4. The Labute approximate surface area is 385 Å². The fourth-order valence-electron chi connectivity index (χ4n) is 12.8. The van der Waals surface area contributed by atoms with Gasteiger partial charge in [-0.2, -0.15) is 0 Å². The van der Waals surface area contributed by atoms with Gasteiger partial charge in [-0.25, -0.2) is 16.0 Å². The van der Waals surface area contributed by atoms with Gasteiger partial charge < -0.3 is 29.3 Å². The van der Waals surface area contributed by atoms with Crippen molar-refractivity contribution in [2.24, 2.45) is 46.3 Å². The van der Waals surface area contributed by atoms with E-state index >= 15 is 0 Å². The van der Waals surface area contributed by atoms with Crippen LogP contribution >= 0.6 is 8.53 Å². The average molecular weight is 891 g/mol. The molecule has 9 nitrogen and oxygen atoms in total. The molecule has 11 atom stereocenters. The van der Waals surface area contributed by atoms with Gasteiger partial charge in [0.1, 0.15) is 18.8 Å². The summed E-state index contributed by atoms with van der Waals surface area (Å²) in [7, 11) is -1.50. The Morgan fingerprint density at radius 1 is 0.921 bits per heavy atom. The number of fused-ring (bicyclic) bond motifs is 5. The summed E-state index contributed by atoms with van der Waals surface area (Å²) < 4.78 is 21.4. The lowest BCUT2D eigenvalue weighted by Gasteiger charge is -2.58. The molecule has 0 bridgehead atoms. The first-order valence-corrected chi connectivity index (χ1v) is 26.4. The number of alkyl carbamates (subject to hydrolysis) is 1. The van der Waals surface area contributed by atoms with Crippen molar-refractivity contribution in [2.45, 2.75) is 202 Å². The number of amides is 2. The quantitative estimate of drug-likeness (QED) is 0.0465. The molecule has 3 saturated carbocycles. The van der Waals surface area contributed by atoms with E-state index in [1.165, 1.54) is 51.4 Å². The number of nitrogens with one attached hydrogen (secondary N) is 2. The lowest BCUT2D eigenvalue weighted by molar-refractivity contribution is -0.122. The molecule has 1 aromatic rings. The molecule has 1 aromatic carbocycles. The summed E-state index contributed by atoms with van der Waals surface area (Å²) in [5, 5.41) is 6.30. The molecule has 10 heteroatoms. The van der Waals surface area contributed by atoms with Crippen molar-refractivity contribution in [3.63, 3.8) is 0 Å². The fraction of sp³-hybridized carbons (Fsp3) is 0.792. The maximum Gasteiger partial charge on any atom is 0.407 e.